The second kappa shape index (κ2) is 5.38. The number of hydrogen-bond donors (Lipinski definition) is 2. The lowest BCUT2D eigenvalue weighted by Gasteiger charge is -2.23. The number of aliphatic hydroxyl groups excluding tert-OH is 1. The zero-order valence-corrected chi connectivity index (χ0v) is 10.1. The summed E-state index contributed by atoms with van der Waals surface area (Å²) in [7, 11) is 1.61. The molecule has 1 atom stereocenters. The lowest BCUT2D eigenvalue weighted by atomic mass is 10.1. The molecule has 1 aliphatic heterocycles. The van der Waals surface area contributed by atoms with Gasteiger partial charge in [-0.1, -0.05) is 0 Å². The summed E-state index contributed by atoms with van der Waals surface area (Å²) in [5.41, 5.74) is 0.852. The summed E-state index contributed by atoms with van der Waals surface area (Å²) in [5.74, 6) is 1.03. The summed E-state index contributed by atoms with van der Waals surface area (Å²) in [6.07, 6.45) is 2.14. The van der Waals surface area contributed by atoms with Crippen molar-refractivity contribution in [2.45, 2.75) is 25.4 Å². The van der Waals surface area contributed by atoms with Crippen LogP contribution in [0.15, 0.2) is 18.2 Å². The third-order valence-corrected chi connectivity index (χ3v) is 3.37. The van der Waals surface area contributed by atoms with Gasteiger partial charge in [0.25, 0.3) is 0 Å². The Bertz CT molecular complexity index is 381. The van der Waals surface area contributed by atoms with Crippen molar-refractivity contribution in [2.24, 2.45) is 0 Å². The standard InChI is InChI=1S/C13H19NO3/c1-17-12-4-5-13(16)10(7-12)8-14-6-2-3-11(14)9-15/h4-5,7,11,15-16H,2-3,6,8-9H2,1H3/t11-/m0/s1. The molecule has 17 heavy (non-hydrogen) atoms. The molecule has 1 aromatic carbocycles. The number of phenolic OH excluding ortho intramolecular Hbond substituents is 1. The van der Waals surface area contributed by atoms with Crippen LogP contribution in [0.2, 0.25) is 0 Å². The highest BCUT2D eigenvalue weighted by atomic mass is 16.5. The molecule has 0 spiro atoms. The second-order valence-corrected chi connectivity index (χ2v) is 4.44. The molecule has 1 fully saturated rings. The molecule has 0 radical (unpaired) electrons. The topological polar surface area (TPSA) is 52.9 Å². The Morgan fingerprint density at radius 2 is 2.29 bits per heavy atom. The SMILES string of the molecule is COc1ccc(O)c(CN2CCC[C@H]2CO)c1. The molecule has 2 N–H and O–H groups in total. The highest BCUT2D eigenvalue weighted by Gasteiger charge is 2.24. The van der Waals surface area contributed by atoms with Crippen LogP contribution >= 0.6 is 0 Å². The average molecular weight is 237 g/mol. The van der Waals surface area contributed by atoms with Crippen molar-refractivity contribution in [2.75, 3.05) is 20.3 Å². The largest absolute Gasteiger partial charge is 0.508 e. The highest BCUT2D eigenvalue weighted by molar-refractivity contribution is 5.39. The normalized spacial score (nSPS) is 20.7. The first-order chi connectivity index (χ1) is 8.24. The van der Waals surface area contributed by atoms with E-state index in [1.165, 1.54) is 0 Å². The molecule has 0 bridgehead atoms. The maximum Gasteiger partial charge on any atom is 0.120 e. The van der Waals surface area contributed by atoms with Gasteiger partial charge in [-0.05, 0) is 37.6 Å². The third-order valence-electron chi connectivity index (χ3n) is 3.37. The molecule has 0 aromatic heterocycles. The minimum Gasteiger partial charge on any atom is -0.508 e. The zero-order chi connectivity index (χ0) is 12.3. The average Bonchev–Trinajstić information content (AvgIpc) is 2.79. The van der Waals surface area contributed by atoms with Crippen LogP contribution < -0.4 is 4.74 Å². The number of rotatable bonds is 4. The molecule has 94 valence electrons. The molecule has 0 aliphatic carbocycles. The molecule has 1 aliphatic rings. The van der Waals surface area contributed by atoms with Gasteiger partial charge >= 0.3 is 0 Å². The van der Waals surface area contributed by atoms with Crippen molar-refractivity contribution < 1.29 is 14.9 Å². The van der Waals surface area contributed by atoms with E-state index in [-0.39, 0.29) is 18.4 Å². The van der Waals surface area contributed by atoms with E-state index in [1.54, 1.807) is 19.2 Å². The minimum absolute atomic E-state index is 0.185. The molecular weight excluding hydrogens is 218 g/mol. The van der Waals surface area contributed by atoms with Gasteiger partial charge < -0.3 is 14.9 Å². The fourth-order valence-corrected chi connectivity index (χ4v) is 2.34. The Morgan fingerprint density at radius 1 is 1.47 bits per heavy atom. The number of methoxy groups -OCH3 is 1. The number of aromatic hydroxyl groups is 1. The van der Waals surface area contributed by atoms with Gasteiger partial charge in [-0.3, -0.25) is 4.90 Å². The van der Waals surface area contributed by atoms with Gasteiger partial charge in [0.2, 0.25) is 0 Å². The Labute approximate surface area is 101 Å². The third kappa shape index (κ3) is 2.70. The first kappa shape index (κ1) is 12.2. The zero-order valence-electron chi connectivity index (χ0n) is 10.1. The highest BCUT2D eigenvalue weighted by Crippen LogP contribution is 2.27. The van der Waals surface area contributed by atoms with Crippen LogP contribution in [0.1, 0.15) is 18.4 Å². The van der Waals surface area contributed by atoms with Gasteiger partial charge in [-0.25, -0.2) is 0 Å². The van der Waals surface area contributed by atoms with E-state index in [9.17, 15) is 10.2 Å². The first-order valence-electron chi connectivity index (χ1n) is 5.95. The van der Waals surface area contributed by atoms with Crippen molar-refractivity contribution in [1.29, 1.82) is 0 Å². The van der Waals surface area contributed by atoms with E-state index in [4.69, 9.17) is 4.74 Å². The first-order valence-corrected chi connectivity index (χ1v) is 5.95. The van der Waals surface area contributed by atoms with Gasteiger partial charge in [-0.15, -0.1) is 0 Å². The predicted octanol–water partition coefficient (Wildman–Crippen LogP) is 1.36. The van der Waals surface area contributed by atoms with Crippen LogP contribution in [-0.2, 0) is 6.54 Å². The number of phenols is 1. The summed E-state index contributed by atoms with van der Waals surface area (Å²) in [6, 6.07) is 5.47. The minimum atomic E-state index is 0.185. The van der Waals surface area contributed by atoms with E-state index >= 15 is 0 Å². The molecule has 0 unspecified atom stereocenters. The number of aliphatic hydroxyl groups is 1. The second-order valence-electron chi connectivity index (χ2n) is 4.44. The Balaban J connectivity index is 2.12. The number of benzene rings is 1. The van der Waals surface area contributed by atoms with Crippen LogP contribution in [0.3, 0.4) is 0 Å². The van der Waals surface area contributed by atoms with Crippen LogP contribution in [0.25, 0.3) is 0 Å². The Kier molecular flexibility index (Phi) is 3.86. The number of ether oxygens (including phenoxy) is 1. The van der Waals surface area contributed by atoms with Crippen LogP contribution in [0.4, 0.5) is 0 Å². The monoisotopic (exact) mass is 237 g/mol. The van der Waals surface area contributed by atoms with Crippen LogP contribution in [-0.4, -0.2) is 41.4 Å². The lowest BCUT2D eigenvalue weighted by molar-refractivity contribution is 0.152. The number of nitrogens with zero attached hydrogens (tertiary/aromatic N) is 1. The van der Waals surface area contributed by atoms with E-state index in [0.717, 1.165) is 30.7 Å². The number of hydrogen-bond acceptors (Lipinski definition) is 4. The fourth-order valence-electron chi connectivity index (χ4n) is 2.34. The smallest absolute Gasteiger partial charge is 0.120 e. The van der Waals surface area contributed by atoms with Gasteiger partial charge in [-0.2, -0.15) is 0 Å². The molecule has 2 rings (SSSR count). The van der Waals surface area contributed by atoms with Gasteiger partial charge in [0.15, 0.2) is 0 Å². The summed E-state index contributed by atoms with van der Waals surface area (Å²) in [6.45, 7) is 1.82. The van der Waals surface area contributed by atoms with Crippen LogP contribution in [0, 0.1) is 0 Å². The summed E-state index contributed by atoms with van der Waals surface area (Å²) in [4.78, 5) is 2.20. The van der Waals surface area contributed by atoms with Gasteiger partial charge in [0, 0.05) is 18.2 Å². The van der Waals surface area contributed by atoms with Crippen molar-refractivity contribution in [3.8, 4) is 11.5 Å². The molecule has 1 saturated heterocycles. The van der Waals surface area contributed by atoms with Gasteiger partial charge in [0.1, 0.15) is 11.5 Å². The number of likely N-dealkylation sites (tertiary alicyclic amines) is 1. The lowest BCUT2D eigenvalue weighted by Crippen LogP contribution is -2.31. The van der Waals surface area contributed by atoms with E-state index in [1.807, 2.05) is 6.07 Å². The van der Waals surface area contributed by atoms with Crippen molar-refractivity contribution >= 4 is 0 Å². The van der Waals surface area contributed by atoms with E-state index in [2.05, 4.69) is 4.90 Å². The predicted molar refractivity (Wildman–Crippen MR) is 65.2 cm³/mol. The van der Waals surface area contributed by atoms with Gasteiger partial charge in [0.05, 0.1) is 13.7 Å². The van der Waals surface area contributed by atoms with E-state index < -0.39 is 0 Å². The maximum absolute atomic E-state index is 9.81. The molecule has 4 heteroatoms. The van der Waals surface area contributed by atoms with E-state index in [0.29, 0.717) is 6.54 Å². The molecule has 1 heterocycles. The molecule has 0 saturated carbocycles. The van der Waals surface area contributed by atoms with Crippen molar-refractivity contribution in [3.05, 3.63) is 23.8 Å². The Morgan fingerprint density at radius 3 is 3.00 bits per heavy atom. The quantitative estimate of drug-likeness (QED) is 0.830. The van der Waals surface area contributed by atoms with Crippen LogP contribution in [0.5, 0.6) is 11.5 Å². The summed E-state index contributed by atoms with van der Waals surface area (Å²) in [5, 5.41) is 19.1. The maximum atomic E-state index is 9.81. The van der Waals surface area contributed by atoms with Crippen molar-refractivity contribution in [1.82, 2.24) is 4.90 Å². The summed E-state index contributed by atoms with van der Waals surface area (Å²) < 4.78 is 5.15. The van der Waals surface area contributed by atoms with Crippen molar-refractivity contribution in [3.63, 3.8) is 0 Å². The Hall–Kier alpha value is -1.26. The summed E-state index contributed by atoms with van der Waals surface area (Å²) >= 11 is 0. The fraction of sp³-hybridized carbons (Fsp3) is 0.538. The molecular formula is C13H19NO3. The molecule has 1 aromatic rings. The molecule has 0 amide bonds. The molecule has 4 nitrogen and oxygen atoms in total.